The quantitative estimate of drug-likeness (QED) is 0.688. The van der Waals surface area contributed by atoms with Crippen molar-refractivity contribution in [3.8, 4) is 12.3 Å². The first-order chi connectivity index (χ1) is 11.8. The topological polar surface area (TPSA) is 37.6 Å². The zero-order valence-corrected chi connectivity index (χ0v) is 14.0. The molecule has 0 unspecified atom stereocenters. The zero-order valence-electron chi connectivity index (χ0n) is 13.2. The summed E-state index contributed by atoms with van der Waals surface area (Å²) in [5.74, 6) is 2.76. The molecule has 0 spiro atoms. The van der Waals surface area contributed by atoms with Crippen LogP contribution in [0.5, 0.6) is 0 Å². The summed E-state index contributed by atoms with van der Waals surface area (Å²) >= 11 is 1.47. The molecule has 0 bridgehead atoms. The van der Waals surface area contributed by atoms with Crippen molar-refractivity contribution in [1.82, 2.24) is 14.3 Å². The van der Waals surface area contributed by atoms with Crippen LogP contribution in [-0.4, -0.2) is 20.8 Å². The molecule has 0 radical (unpaired) electrons. The third kappa shape index (κ3) is 2.64. The Balaban J connectivity index is 1.66. The van der Waals surface area contributed by atoms with E-state index in [0.29, 0.717) is 19.1 Å². The summed E-state index contributed by atoms with van der Waals surface area (Å²) in [6.07, 6.45) is 9.48. The van der Waals surface area contributed by atoms with Crippen LogP contribution in [0, 0.1) is 12.3 Å². The fraction of sp³-hybridized carbons (Fsp3) is 0.263. The zero-order chi connectivity index (χ0) is 16.5. The molecule has 0 N–H and O–H groups in total. The minimum absolute atomic E-state index is 0.0382. The van der Waals surface area contributed by atoms with Gasteiger partial charge in [-0.2, -0.15) is 0 Å². The molecule has 5 heteroatoms. The highest BCUT2D eigenvalue weighted by Crippen LogP contribution is 2.36. The second-order valence-electron chi connectivity index (χ2n) is 6.00. The molecule has 1 aliphatic carbocycles. The van der Waals surface area contributed by atoms with Crippen LogP contribution in [0.2, 0.25) is 0 Å². The summed E-state index contributed by atoms with van der Waals surface area (Å²) < 4.78 is 1.57. The Morgan fingerprint density at radius 2 is 2.29 bits per heavy atom. The molecule has 0 saturated heterocycles. The predicted octanol–water partition coefficient (Wildman–Crippen LogP) is 2.88. The normalized spacial score (nSPS) is 16.4. The van der Waals surface area contributed by atoms with E-state index in [4.69, 9.17) is 6.42 Å². The standard InChI is InChI=1S/C19H17N3OS/c1-2-9-21(17-8-7-14-5-3-4-6-16(14)17)13-15-12-18(23)22-10-11-24-19(22)20-15/h1,3-6,10-12,17H,7-9,13H2/t17-/m0/s1. The van der Waals surface area contributed by atoms with Gasteiger partial charge in [-0.05, 0) is 24.0 Å². The summed E-state index contributed by atoms with van der Waals surface area (Å²) in [4.78, 5) is 19.8. The van der Waals surface area contributed by atoms with E-state index in [1.165, 1.54) is 22.5 Å². The molecule has 2 heterocycles. The summed E-state index contributed by atoms with van der Waals surface area (Å²) in [5.41, 5.74) is 3.48. The van der Waals surface area contributed by atoms with Crippen molar-refractivity contribution in [1.29, 1.82) is 0 Å². The molecule has 0 aliphatic heterocycles. The molecule has 4 nitrogen and oxygen atoms in total. The van der Waals surface area contributed by atoms with E-state index in [9.17, 15) is 4.79 Å². The van der Waals surface area contributed by atoms with Gasteiger partial charge in [-0.25, -0.2) is 4.98 Å². The van der Waals surface area contributed by atoms with Crippen LogP contribution in [0.15, 0.2) is 46.7 Å². The molecule has 4 rings (SSSR count). The lowest BCUT2D eigenvalue weighted by atomic mass is 10.1. The molecule has 0 amide bonds. The van der Waals surface area contributed by atoms with Crippen molar-refractivity contribution in [2.45, 2.75) is 25.4 Å². The van der Waals surface area contributed by atoms with Crippen LogP contribution in [0.4, 0.5) is 0 Å². The van der Waals surface area contributed by atoms with Gasteiger partial charge in [-0.1, -0.05) is 30.2 Å². The van der Waals surface area contributed by atoms with Gasteiger partial charge in [-0.3, -0.25) is 14.1 Å². The Hall–Kier alpha value is -2.42. The van der Waals surface area contributed by atoms with Gasteiger partial charge in [0.25, 0.3) is 5.56 Å². The lowest BCUT2D eigenvalue weighted by molar-refractivity contribution is 0.211. The lowest BCUT2D eigenvalue weighted by Crippen LogP contribution is -2.29. The van der Waals surface area contributed by atoms with Crippen molar-refractivity contribution in [3.63, 3.8) is 0 Å². The first-order valence-corrected chi connectivity index (χ1v) is 8.85. The van der Waals surface area contributed by atoms with Crippen molar-refractivity contribution in [3.05, 3.63) is 69.1 Å². The maximum Gasteiger partial charge on any atom is 0.258 e. The number of hydrogen-bond acceptors (Lipinski definition) is 4. The lowest BCUT2D eigenvalue weighted by Gasteiger charge is -2.27. The maximum atomic E-state index is 12.2. The van der Waals surface area contributed by atoms with Gasteiger partial charge in [0.15, 0.2) is 4.96 Å². The molecular weight excluding hydrogens is 318 g/mol. The molecule has 120 valence electrons. The number of terminal acetylenes is 1. The Morgan fingerprint density at radius 1 is 1.42 bits per heavy atom. The predicted molar refractivity (Wildman–Crippen MR) is 96.1 cm³/mol. The van der Waals surface area contributed by atoms with E-state index in [0.717, 1.165) is 23.5 Å². The van der Waals surface area contributed by atoms with Crippen LogP contribution in [0.3, 0.4) is 0 Å². The van der Waals surface area contributed by atoms with Crippen LogP contribution < -0.4 is 5.56 Å². The second kappa shape index (κ2) is 6.23. The number of nitrogens with zero attached hydrogens (tertiary/aromatic N) is 3. The van der Waals surface area contributed by atoms with Crippen molar-refractivity contribution < 1.29 is 0 Å². The van der Waals surface area contributed by atoms with Crippen molar-refractivity contribution in [2.24, 2.45) is 0 Å². The van der Waals surface area contributed by atoms with E-state index < -0.39 is 0 Å². The number of rotatable bonds is 4. The Morgan fingerprint density at radius 3 is 3.17 bits per heavy atom. The number of aryl methyl sites for hydroxylation is 1. The van der Waals surface area contributed by atoms with Crippen LogP contribution in [-0.2, 0) is 13.0 Å². The van der Waals surface area contributed by atoms with E-state index >= 15 is 0 Å². The molecule has 1 aliphatic rings. The fourth-order valence-corrected chi connectivity index (χ4v) is 4.22. The molecule has 1 atom stereocenters. The van der Waals surface area contributed by atoms with Crippen LogP contribution in [0.25, 0.3) is 4.96 Å². The van der Waals surface area contributed by atoms with Gasteiger partial charge in [0, 0.05) is 30.2 Å². The van der Waals surface area contributed by atoms with Gasteiger partial charge in [-0.15, -0.1) is 17.8 Å². The highest BCUT2D eigenvalue weighted by atomic mass is 32.1. The number of hydrogen-bond donors (Lipinski definition) is 0. The monoisotopic (exact) mass is 335 g/mol. The minimum Gasteiger partial charge on any atom is -0.279 e. The summed E-state index contributed by atoms with van der Waals surface area (Å²) in [7, 11) is 0. The number of benzene rings is 1. The van der Waals surface area contributed by atoms with Crippen LogP contribution >= 0.6 is 11.3 Å². The number of fused-ring (bicyclic) bond motifs is 2. The molecular formula is C19H17N3OS. The highest BCUT2D eigenvalue weighted by Gasteiger charge is 2.27. The van der Waals surface area contributed by atoms with Crippen molar-refractivity contribution in [2.75, 3.05) is 6.54 Å². The first-order valence-electron chi connectivity index (χ1n) is 7.97. The summed E-state index contributed by atoms with van der Waals surface area (Å²) in [6, 6.07) is 10.4. The average Bonchev–Trinajstić information content (AvgIpc) is 3.21. The van der Waals surface area contributed by atoms with Gasteiger partial charge in [0.1, 0.15) is 0 Å². The molecule has 2 aromatic heterocycles. The molecule has 0 saturated carbocycles. The van der Waals surface area contributed by atoms with Gasteiger partial charge < -0.3 is 0 Å². The van der Waals surface area contributed by atoms with Gasteiger partial charge in [0.05, 0.1) is 12.2 Å². The van der Waals surface area contributed by atoms with Crippen molar-refractivity contribution >= 4 is 16.3 Å². The van der Waals surface area contributed by atoms with Gasteiger partial charge >= 0.3 is 0 Å². The maximum absolute atomic E-state index is 12.2. The molecule has 24 heavy (non-hydrogen) atoms. The highest BCUT2D eigenvalue weighted by molar-refractivity contribution is 7.15. The Bertz CT molecular complexity index is 982. The van der Waals surface area contributed by atoms with E-state index in [1.54, 1.807) is 16.7 Å². The largest absolute Gasteiger partial charge is 0.279 e. The fourth-order valence-electron chi connectivity index (χ4n) is 3.48. The molecule has 3 aromatic rings. The third-order valence-electron chi connectivity index (χ3n) is 4.56. The first kappa shape index (κ1) is 15.1. The number of thiazole rings is 1. The summed E-state index contributed by atoms with van der Waals surface area (Å²) in [5, 5.41) is 1.87. The van der Waals surface area contributed by atoms with Gasteiger partial charge in [0.2, 0.25) is 0 Å². The number of aromatic nitrogens is 2. The van der Waals surface area contributed by atoms with E-state index in [-0.39, 0.29) is 5.56 Å². The van der Waals surface area contributed by atoms with E-state index in [1.807, 2.05) is 5.38 Å². The molecule has 0 fully saturated rings. The Labute approximate surface area is 144 Å². The van der Waals surface area contributed by atoms with E-state index in [2.05, 4.69) is 40.1 Å². The summed E-state index contributed by atoms with van der Waals surface area (Å²) in [6.45, 7) is 1.14. The minimum atomic E-state index is -0.0382. The third-order valence-corrected chi connectivity index (χ3v) is 5.31. The Kier molecular flexibility index (Phi) is 3.93. The average molecular weight is 335 g/mol. The smallest absolute Gasteiger partial charge is 0.258 e. The second-order valence-corrected chi connectivity index (χ2v) is 6.88. The van der Waals surface area contributed by atoms with Crippen LogP contribution in [0.1, 0.15) is 29.3 Å². The molecule has 1 aromatic carbocycles. The SMILES string of the molecule is C#CCN(Cc1cc(=O)n2ccsc2n1)[C@H]1CCc2ccccc21.